The van der Waals surface area contributed by atoms with Crippen molar-refractivity contribution in [3.8, 4) is 0 Å². The third-order valence-corrected chi connectivity index (χ3v) is 7.69. The fourth-order valence-corrected chi connectivity index (χ4v) is 5.02. The number of hydrogen-bond acceptors (Lipinski definition) is 3. The maximum Gasteiger partial charge on any atom is 0.310 e. The van der Waals surface area contributed by atoms with E-state index in [9.17, 15) is 14.7 Å². The fraction of sp³-hybridized carbons (Fsp3) is 0.867. The normalized spacial score (nSPS) is 19.6. The van der Waals surface area contributed by atoms with Gasteiger partial charge in [-0.25, -0.2) is 0 Å². The molecule has 0 radical (unpaired) electrons. The first-order valence-electron chi connectivity index (χ1n) is 14.6. The number of carboxylic acid groups (broad SMARTS) is 1. The number of allylic oxidation sites excluding steroid dienone is 2. The largest absolute Gasteiger partial charge is 0.481 e. The molecule has 0 aromatic carbocycles. The maximum absolute atomic E-state index is 12.8. The van der Waals surface area contributed by atoms with E-state index in [1.165, 1.54) is 89.9 Å². The van der Waals surface area contributed by atoms with Gasteiger partial charge in [-0.2, -0.15) is 0 Å². The third kappa shape index (κ3) is 13.5. The standard InChI is InChI=1S/C30H54O4/c1-4-6-7-8-9-10-11-12-13-14-15-16-17-18-19-24-28(25(3)5-2)34-30(33)27-23-21-20-22-26(27)29(31)32/h20-21,25-28H,4-19,22-24H2,1-3H3,(H,31,32). The fourth-order valence-electron chi connectivity index (χ4n) is 5.02. The summed E-state index contributed by atoms with van der Waals surface area (Å²) in [5, 5.41) is 9.46. The molecule has 0 saturated carbocycles. The highest BCUT2D eigenvalue weighted by molar-refractivity contribution is 5.81. The number of rotatable bonds is 21. The van der Waals surface area contributed by atoms with Gasteiger partial charge in [0.1, 0.15) is 6.10 Å². The number of aliphatic carboxylic acids is 1. The second kappa shape index (κ2) is 19.9. The van der Waals surface area contributed by atoms with Crippen LogP contribution in [0.25, 0.3) is 0 Å². The van der Waals surface area contributed by atoms with Gasteiger partial charge in [0, 0.05) is 0 Å². The molecule has 34 heavy (non-hydrogen) atoms. The molecule has 4 nitrogen and oxygen atoms in total. The van der Waals surface area contributed by atoms with Crippen molar-refractivity contribution in [2.24, 2.45) is 17.8 Å². The summed E-state index contributed by atoms with van der Waals surface area (Å²) in [5.41, 5.74) is 0. The first kappa shape index (κ1) is 30.7. The lowest BCUT2D eigenvalue weighted by Crippen LogP contribution is -2.36. The highest BCUT2D eigenvalue weighted by Gasteiger charge is 2.36. The quantitative estimate of drug-likeness (QED) is 0.102. The van der Waals surface area contributed by atoms with Crippen LogP contribution in [0.15, 0.2) is 12.2 Å². The van der Waals surface area contributed by atoms with E-state index in [0.29, 0.717) is 18.8 Å². The molecule has 198 valence electrons. The van der Waals surface area contributed by atoms with Crippen molar-refractivity contribution in [2.45, 2.75) is 149 Å². The van der Waals surface area contributed by atoms with Crippen LogP contribution in [0.1, 0.15) is 143 Å². The molecule has 4 unspecified atom stereocenters. The number of ether oxygens (including phenoxy) is 1. The van der Waals surface area contributed by atoms with Gasteiger partial charge in [0.05, 0.1) is 11.8 Å². The first-order chi connectivity index (χ1) is 16.5. The van der Waals surface area contributed by atoms with E-state index in [0.717, 1.165) is 19.3 Å². The number of carboxylic acids is 1. The van der Waals surface area contributed by atoms with Crippen LogP contribution < -0.4 is 0 Å². The van der Waals surface area contributed by atoms with Crippen molar-refractivity contribution < 1.29 is 19.4 Å². The van der Waals surface area contributed by atoms with Gasteiger partial charge < -0.3 is 9.84 Å². The van der Waals surface area contributed by atoms with E-state index in [-0.39, 0.29) is 12.1 Å². The molecule has 1 N–H and O–H groups in total. The van der Waals surface area contributed by atoms with Gasteiger partial charge in [0.15, 0.2) is 0 Å². The van der Waals surface area contributed by atoms with Crippen molar-refractivity contribution in [2.75, 3.05) is 0 Å². The van der Waals surface area contributed by atoms with Crippen molar-refractivity contribution >= 4 is 11.9 Å². The SMILES string of the molecule is CCCCCCCCCCCCCCCCCC(OC(=O)C1CC=CCC1C(=O)O)C(C)CC. The summed E-state index contributed by atoms with van der Waals surface area (Å²) < 4.78 is 5.91. The Labute approximate surface area is 210 Å². The minimum Gasteiger partial charge on any atom is -0.481 e. The summed E-state index contributed by atoms with van der Waals surface area (Å²) in [7, 11) is 0. The first-order valence-corrected chi connectivity index (χ1v) is 14.6. The summed E-state index contributed by atoms with van der Waals surface area (Å²) in [6.07, 6.45) is 26.6. The molecule has 0 amide bonds. The Morgan fingerprint density at radius 3 is 1.65 bits per heavy atom. The molecular weight excluding hydrogens is 424 g/mol. The van der Waals surface area contributed by atoms with E-state index in [2.05, 4.69) is 20.8 Å². The minimum absolute atomic E-state index is 0.0974. The highest BCUT2D eigenvalue weighted by atomic mass is 16.5. The lowest BCUT2D eigenvalue weighted by atomic mass is 9.83. The Morgan fingerprint density at radius 2 is 1.21 bits per heavy atom. The molecule has 0 aromatic rings. The van der Waals surface area contributed by atoms with Gasteiger partial charge >= 0.3 is 11.9 Å². The van der Waals surface area contributed by atoms with Crippen LogP contribution in [-0.2, 0) is 14.3 Å². The monoisotopic (exact) mass is 478 g/mol. The van der Waals surface area contributed by atoms with E-state index in [1.54, 1.807) is 0 Å². The number of esters is 1. The zero-order valence-corrected chi connectivity index (χ0v) is 22.6. The van der Waals surface area contributed by atoms with Crippen LogP contribution >= 0.6 is 0 Å². The number of carbonyl (C=O) groups is 2. The van der Waals surface area contributed by atoms with E-state index < -0.39 is 17.8 Å². The van der Waals surface area contributed by atoms with Crippen molar-refractivity contribution in [3.05, 3.63) is 12.2 Å². The van der Waals surface area contributed by atoms with Gasteiger partial charge in [-0.3, -0.25) is 9.59 Å². The number of unbranched alkanes of at least 4 members (excludes halogenated alkanes) is 14. The third-order valence-electron chi connectivity index (χ3n) is 7.69. The molecule has 1 aliphatic rings. The predicted octanol–water partition coefficient (Wildman–Crippen LogP) is 8.87. The van der Waals surface area contributed by atoms with E-state index in [1.807, 2.05) is 12.2 Å². The Kier molecular flexibility index (Phi) is 18.0. The predicted molar refractivity (Wildman–Crippen MR) is 142 cm³/mol. The maximum atomic E-state index is 12.8. The summed E-state index contributed by atoms with van der Waals surface area (Å²) in [4.78, 5) is 24.3. The second-order valence-electron chi connectivity index (χ2n) is 10.6. The van der Waals surface area contributed by atoms with E-state index >= 15 is 0 Å². The molecule has 0 aromatic heterocycles. The molecular formula is C30H54O4. The van der Waals surface area contributed by atoms with Crippen LogP contribution in [0.4, 0.5) is 0 Å². The molecule has 0 bridgehead atoms. The molecule has 4 heteroatoms. The van der Waals surface area contributed by atoms with Crippen LogP contribution in [-0.4, -0.2) is 23.1 Å². The van der Waals surface area contributed by atoms with Crippen LogP contribution in [0.5, 0.6) is 0 Å². The van der Waals surface area contributed by atoms with Crippen molar-refractivity contribution in [1.29, 1.82) is 0 Å². The Morgan fingerprint density at radius 1 is 0.765 bits per heavy atom. The van der Waals surface area contributed by atoms with E-state index in [4.69, 9.17) is 4.74 Å². The lowest BCUT2D eigenvalue weighted by molar-refractivity contribution is -0.164. The number of hydrogen-bond donors (Lipinski definition) is 1. The van der Waals surface area contributed by atoms with Gasteiger partial charge in [0.2, 0.25) is 0 Å². The smallest absolute Gasteiger partial charge is 0.310 e. The molecule has 1 rings (SSSR count). The Hall–Kier alpha value is -1.32. The van der Waals surface area contributed by atoms with Gasteiger partial charge in [-0.05, 0) is 31.6 Å². The number of carbonyl (C=O) groups excluding carboxylic acids is 1. The zero-order valence-electron chi connectivity index (χ0n) is 22.6. The summed E-state index contributed by atoms with van der Waals surface area (Å²) in [6.45, 7) is 6.54. The zero-order chi connectivity index (χ0) is 25.0. The minimum atomic E-state index is -0.895. The van der Waals surface area contributed by atoms with Gasteiger partial charge in [-0.15, -0.1) is 0 Å². The lowest BCUT2D eigenvalue weighted by Gasteiger charge is -2.28. The molecule has 0 spiro atoms. The molecule has 0 aliphatic heterocycles. The molecule has 0 fully saturated rings. The average Bonchev–Trinajstić information content (AvgIpc) is 2.84. The molecule has 0 saturated heterocycles. The Bertz CT molecular complexity index is 556. The van der Waals surface area contributed by atoms with Crippen LogP contribution in [0.3, 0.4) is 0 Å². The highest BCUT2D eigenvalue weighted by Crippen LogP contribution is 2.29. The summed E-state index contributed by atoms with van der Waals surface area (Å²) in [5.74, 6) is -2.11. The van der Waals surface area contributed by atoms with Crippen molar-refractivity contribution in [3.63, 3.8) is 0 Å². The van der Waals surface area contributed by atoms with Crippen molar-refractivity contribution in [1.82, 2.24) is 0 Å². The van der Waals surface area contributed by atoms with Crippen LogP contribution in [0.2, 0.25) is 0 Å². The average molecular weight is 479 g/mol. The molecule has 1 aliphatic carbocycles. The summed E-state index contributed by atoms with van der Waals surface area (Å²) in [6, 6.07) is 0. The Balaban J connectivity index is 2.14. The molecule has 0 heterocycles. The molecule has 4 atom stereocenters. The van der Waals surface area contributed by atoms with Gasteiger partial charge in [-0.1, -0.05) is 129 Å². The van der Waals surface area contributed by atoms with Crippen LogP contribution in [0, 0.1) is 17.8 Å². The van der Waals surface area contributed by atoms with Gasteiger partial charge in [0.25, 0.3) is 0 Å². The topological polar surface area (TPSA) is 63.6 Å². The summed E-state index contributed by atoms with van der Waals surface area (Å²) >= 11 is 0. The second-order valence-corrected chi connectivity index (χ2v) is 10.6.